The molecular weight excluding hydrogens is 366 g/mol. The number of benzene rings is 2. The van der Waals surface area contributed by atoms with Crippen molar-refractivity contribution in [3.63, 3.8) is 0 Å². The standard InChI is InChI=1S/C23H23N3O3/c1-14(27)24-12-11-16-15-7-3-5-9-19(15)25-20(16)13-18-22(28)17-8-4-6-10-21(17)26(2)23(18)29/h3-10,25,28H,11-13H2,1-2H3,(H,24,27). The van der Waals surface area contributed by atoms with Crippen molar-refractivity contribution < 1.29 is 9.90 Å². The SMILES string of the molecule is CC(=O)NCCc1c(Cc2c(O)c3ccccc3n(C)c2=O)[nH]c2ccccc12. The fourth-order valence-corrected chi connectivity index (χ4v) is 3.93. The van der Waals surface area contributed by atoms with Gasteiger partial charge in [0, 0.05) is 48.9 Å². The molecule has 6 heteroatoms. The number of rotatable bonds is 5. The maximum absolute atomic E-state index is 13.0. The van der Waals surface area contributed by atoms with Crippen molar-refractivity contribution in [1.29, 1.82) is 0 Å². The third-order valence-corrected chi connectivity index (χ3v) is 5.37. The lowest BCUT2D eigenvalue weighted by atomic mass is 10.0. The van der Waals surface area contributed by atoms with Gasteiger partial charge in [-0.1, -0.05) is 30.3 Å². The molecule has 0 bridgehead atoms. The summed E-state index contributed by atoms with van der Waals surface area (Å²) in [6.07, 6.45) is 0.918. The van der Waals surface area contributed by atoms with E-state index in [4.69, 9.17) is 0 Å². The van der Waals surface area contributed by atoms with Crippen LogP contribution in [0.15, 0.2) is 53.3 Å². The molecule has 0 atom stereocenters. The van der Waals surface area contributed by atoms with Gasteiger partial charge in [-0.25, -0.2) is 0 Å². The topological polar surface area (TPSA) is 87.1 Å². The van der Waals surface area contributed by atoms with Gasteiger partial charge in [-0.3, -0.25) is 9.59 Å². The molecule has 0 radical (unpaired) electrons. The molecule has 0 saturated carbocycles. The number of amides is 1. The summed E-state index contributed by atoms with van der Waals surface area (Å²) in [4.78, 5) is 27.6. The Labute approximate surface area is 167 Å². The van der Waals surface area contributed by atoms with Crippen molar-refractivity contribution in [2.45, 2.75) is 19.8 Å². The molecule has 2 aromatic carbocycles. The number of carbonyl (C=O) groups excluding carboxylic acids is 1. The van der Waals surface area contributed by atoms with Crippen LogP contribution < -0.4 is 10.9 Å². The van der Waals surface area contributed by atoms with E-state index in [1.54, 1.807) is 11.6 Å². The molecular formula is C23H23N3O3. The van der Waals surface area contributed by atoms with Gasteiger partial charge in [-0.15, -0.1) is 0 Å². The maximum atomic E-state index is 13.0. The summed E-state index contributed by atoms with van der Waals surface area (Å²) in [6, 6.07) is 15.3. The number of pyridine rings is 1. The van der Waals surface area contributed by atoms with E-state index < -0.39 is 0 Å². The first kappa shape index (κ1) is 18.8. The second kappa shape index (κ2) is 7.47. The predicted octanol–water partition coefficient (Wildman–Crippen LogP) is 2.99. The van der Waals surface area contributed by atoms with E-state index in [1.165, 1.54) is 6.92 Å². The third kappa shape index (κ3) is 3.38. The highest BCUT2D eigenvalue weighted by Crippen LogP contribution is 2.30. The molecule has 0 aliphatic heterocycles. The second-order valence-electron chi connectivity index (χ2n) is 7.25. The average Bonchev–Trinajstić information content (AvgIpc) is 3.06. The Morgan fingerprint density at radius 3 is 2.52 bits per heavy atom. The molecule has 4 rings (SSSR count). The Hall–Kier alpha value is -3.54. The summed E-state index contributed by atoms with van der Waals surface area (Å²) in [5.41, 5.74) is 3.73. The Bertz CT molecular complexity index is 1280. The van der Waals surface area contributed by atoms with Gasteiger partial charge in [0.15, 0.2) is 0 Å². The van der Waals surface area contributed by atoms with Crippen molar-refractivity contribution in [1.82, 2.24) is 14.9 Å². The Morgan fingerprint density at radius 2 is 1.76 bits per heavy atom. The molecule has 2 aromatic heterocycles. The summed E-state index contributed by atoms with van der Waals surface area (Å²) in [5, 5.41) is 15.4. The van der Waals surface area contributed by atoms with Crippen molar-refractivity contribution in [3.05, 3.63) is 75.7 Å². The molecule has 6 nitrogen and oxygen atoms in total. The number of aromatic hydroxyl groups is 1. The average molecular weight is 389 g/mol. The molecule has 0 unspecified atom stereocenters. The van der Waals surface area contributed by atoms with E-state index in [0.717, 1.165) is 22.2 Å². The quantitative estimate of drug-likeness (QED) is 0.490. The molecule has 2 heterocycles. The largest absolute Gasteiger partial charge is 0.507 e. The number of H-pyrrole nitrogens is 1. The fourth-order valence-electron chi connectivity index (χ4n) is 3.93. The zero-order chi connectivity index (χ0) is 20.5. The molecule has 0 aliphatic carbocycles. The second-order valence-corrected chi connectivity index (χ2v) is 7.25. The minimum Gasteiger partial charge on any atom is -0.507 e. The zero-order valence-corrected chi connectivity index (χ0v) is 16.5. The highest BCUT2D eigenvalue weighted by atomic mass is 16.3. The van der Waals surface area contributed by atoms with Crippen LogP contribution in [0.4, 0.5) is 0 Å². The lowest BCUT2D eigenvalue weighted by Crippen LogP contribution is -2.23. The van der Waals surface area contributed by atoms with Crippen molar-refractivity contribution in [2.75, 3.05) is 6.54 Å². The fraction of sp³-hybridized carbons (Fsp3) is 0.217. The minimum absolute atomic E-state index is 0.0233. The molecule has 3 N–H and O–H groups in total. The van der Waals surface area contributed by atoms with Crippen LogP contribution in [0.5, 0.6) is 5.75 Å². The van der Waals surface area contributed by atoms with Gasteiger partial charge in [-0.2, -0.15) is 0 Å². The van der Waals surface area contributed by atoms with Crippen LogP contribution >= 0.6 is 0 Å². The van der Waals surface area contributed by atoms with Gasteiger partial charge in [0.05, 0.1) is 11.1 Å². The summed E-state index contributed by atoms with van der Waals surface area (Å²) >= 11 is 0. The number of nitrogens with zero attached hydrogens (tertiary/aromatic N) is 1. The summed E-state index contributed by atoms with van der Waals surface area (Å²) in [5.74, 6) is -0.0531. The van der Waals surface area contributed by atoms with E-state index in [2.05, 4.69) is 10.3 Å². The van der Waals surface area contributed by atoms with Crippen LogP contribution in [0.25, 0.3) is 21.8 Å². The van der Waals surface area contributed by atoms with Crippen molar-refractivity contribution >= 4 is 27.7 Å². The minimum atomic E-state index is -0.215. The first-order valence-electron chi connectivity index (χ1n) is 9.60. The number of hydrogen-bond donors (Lipinski definition) is 3. The van der Waals surface area contributed by atoms with E-state index >= 15 is 0 Å². The highest BCUT2D eigenvalue weighted by Gasteiger charge is 2.18. The molecule has 1 amide bonds. The smallest absolute Gasteiger partial charge is 0.258 e. The predicted molar refractivity (Wildman–Crippen MR) is 114 cm³/mol. The maximum Gasteiger partial charge on any atom is 0.258 e. The number of aromatic amines is 1. The van der Waals surface area contributed by atoms with Gasteiger partial charge in [0.25, 0.3) is 5.56 Å². The third-order valence-electron chi connectivity index (χ3n) is 5.37. The van der Waals surface area contributed by atoms with Crippen LogP contribution in [0.3, 0.4) is 0 Å². The summed E-state index contributed by atoms with van der Waals surface area (Å²) < 4.78 is 1.57. The van der Waals surface area contributed by atoms with Gasteiger partial charge in [-0.05, 0) is 30.2 Å². The lowest BCUT2D eigenvalue weighted by molar-refractivity contribution is -0.118. The van der Waals surface area contributed by atoms with Crippen LogP contribution in [-0.2, 0) is 24.7 Å². The van der Waals surface area contributed by atoms with Gasteiger partial charge >= 0.3 is 0 Å². The van der Waals surface area contributed by atoms with Crippen LogP contribution in [-0.4, -0.2) is 27.1 Å². The Morgan fingerprint density at radius 1 is 1.07 bits per heavy atom. The molecule has 0 aliphatic rings. The molecule has 0 fully saturated rings. The molecule has 29 heavy (non-hydrogen) atoms. The van der Waals surface area contributed by atoms with Gasteiger partial charge in [0.2, 0.25) is 5.91 Å². The van der Waals surface area contributed by atoms with Crippen LogP contribution in [0, 0.1) is 0 Å². The van der Waals surface area contributed by atoms with Gasteiger partial charge in [0.1, 0.15) is 5.75 Å². The summed E-state index contributed by atoms with van der Waals surface area (Å²) in [6.45, 7) is 2.00. The number of aromatic nitrogens is 2. The molecule has 148 valence electrons. The Kier molecular flexibility index (Phi) is 4.84. The van der Waals surface area contributed by atoms with E-state index in [-0.39, 0.29) is 23.6 Å². The van der Waals surface area contributed by atoms with Crippen LogP contribution in [0.2, 0.25) is 0 Å². The van der Waals surface area contributed by atoms with E-state index in [9.17, 15) is 14.7 Å². The van der Waals surface area contributed by atoms with Crippen LogP contribution in [0.1, 0.15) is 23.7 Å². The Balaban J connectivity index is 1.82. The number of nitrogens with one attached hydrogen (secondary N) is 2. The first-order chi connectivity index (χ1) is 14.0. The number of para-hydroxylation sites is 2. The lowest BCUT2D eigenvalue weighted by Gasteiger charge is -2.12. The first-order valence-corrected chi connectivity index (χ1v) is 9.60. The zero-order valence-electron chi connectivity index (χ0n) is 16.5. The van der Waals surface area contributed by atoms with Crippen molar-refractivity contribution in [3.8, 4) is 5.75 Å². The normalized spacial score (nSPS) is 11.2. The van der Waals surface area contributed by atoms with E-state index in [0.29, 0.717) is 29.4 Å². The highest BCUT2D eigenvalue weighted by molar-refractivity contribution is 5.87. The number of hydrogen-bond acceptors (Lipinski definition) is 3. The number of carbonyl (C=O) groups is 1. The van der Waals surface area contributed by atoms with Gasteiger partial charge < -0.3 is 20.0 Å². The summed E-state index contributed by atoms with van der Waals surface area (Å²) in [7, 11) is 1.72. The van der Waals surface area contributed by atoms with Crippen molar-refractivity contribution in [2.24, 2.45) is 7.05 Å². The number of fused-ring (bicyclic) bond motifs is 2. The van der Waals surface area contributed by atoms with E-state index in [1.807, 2.05) is 48.5 Å². The molecule has 0 saturated heterocycles. The monoisotopic (exact) mass is 389 g/mol. The molecule has 0 spiro atoms. The number of aryl methyl sites for hydroxylation is 1. The molecule has 4 aromatic rings.